The highest BCUT2D eigenvalue weighted by atomic mass is 16.3. The number of imidazole rings is 1. The SMILES string of the molecule is Cc1cc(C)cc(C(C)(C)c2cc(-c3cc(-c4ccccc4)ccn3)cc(-c3cccc4c3nc(-c3cccc(C(C)(C)C)c3O)n4-c3c(-c4ccccc4)cccc3-c3ccccc3)c2)c1. The van der Waals surface area contributed by atoms with Gasteiger partial charge < -0.3 is 5.11 Å². The van der Waals surface area contributed by atoms with Gasteiger partial charge >= 0.3 is 0 Å². The van der Waals surface area contributed by atoms with Crippen LogP contribution in [0.3, 0.4) is 0 Å². The van der Waals surface area contributed by atoms with E-state index in [1.165, 1.54) is 22.3 Å². The van der Waals surface area contributed by atoms with Gasteiger partial charge in [0, 0.05) is 33.9 Å². The molecule has 0 bridgehead atoms. The molecule has 0 unspecified atom stereocenters. The second-order valence-corrected chi connectivity index (χ2v) is 19.4. The van der Waals surface area contributed by atoms with Crippen molar-refractivity contribution >= 4 is 11.0 Å². The third-order valence-corrected chi connectivity index (χ3v) is 13.3. The fraction of sp³-hybridized carbons (Fsp3) is 0.143. The van der Waals surface area contributed by atoms with Crippen LogP contribution in [0.2, 0.25) is 0 Å². The molecule has 0 saturated carbocycles. The highest BCUT2D eigenvalue weighted by Crippen LogP contribution is 2.46. The highest BCUT2D eigenvalue weighted by Gasteiger charge is 2.29. The molecule has 0 aliphatic rings. The Morgan fingerprint density at radius 1 is 0.448 bits per heavy atom. The fourth-order valence-corrected chi connectivity index (χ4v) is 9.75. The zero-order valence-electron chi connectivity index (χ0n) is 39.3. The molecule has 10 aromatic rings. The van der Waals surface area contributed by atoms with Crippen LogP contribution in [0.4, 0.5) is 0 Å². The number of rotatable bonds is 9. The van der Waals surface area contributed by atoms with Crippen LogP contribution in [-0.4, -0.2) is 19.6 Å². The maximum Gasteiger partial charge on any atom is 0.149 e. The lowest BCUT2D eigenvalue weighted by atomic mass is 9.75. The van der Waals surface area contributed by atoms with Crippen molar-refractivity contribution in [3.8, 4) is 78.6 Å². The lowest BCUT2D eigenvalue weighted by molar-refractivity contribution is 0.448. The monoisotopic (exact) mass is 869 g/mol. The van der Waals surface area contributed by atoms with Gasteiger partial charge in [-0.15, -0.1) is 0 Å². The Labute approximate surface area is 395 Å². The summed E-state index contributed by atoms with van der Waals surface area (Å²) < 4.78 is 2.29. The van der Waals surface area contributed by atoms with Gasteiger partial charge in [-0.2, -0.15) is 0 Å². The number of fused-ring (bicyclic) bond motifs is 1. The maximum absolute atomic E-state index is 12.4. The van der Waals surface area contributed by atoms with E-state index < -0.39 is 0 Å². The predicted molar refractivity (Wildman–Crippen MR) is 280 cm³/mol. The summed E-state index contributed by atoms with van der Waals surface area (Å²) >= 11 is 0. The summed E-state index contributed by atoms with van der Waals surface area (Å²) in [5.41, 5.74) is 19.0. The number of para-hydroxylation sites is 3. The van der Waals surface area contributed by atoms with Crippen LogP contribution in [-0.2, 0) is 10.8 Å². The van der Waals surface area contributed by atoms with Crippen LogP contribution >= 0.6 is 0 Å². The second kappa shape index (κ2) is 17.2. The Bertz CT molecular complexity index is 3350. The van der Waals surface area contributed by atoms with Gasteiger partial charge in [0.05, 0.1) is 28.0 Å². The highest BCUT2D eigenvalue weighted by molar-refractivity contribution is 5.99. The zero-order valence-corrected chi connectivity index (χ0v) is 39.3. The number of hydrogen-bond donors (Lipinski definition) is 1. The number of phenolic OH excluding ortho intramolecular Hbond substituents is 1. The minimum Gasteiger partial charge on any atom is -0.507 e. The molecule has 0 aliphatic carbocycles. The number of aryl methyl sites for hydroxylation is 2. The van der Waals surface area contributed by atoms with Gasteiger partial charge in [0.2, 0.25) is 0 Å². The molecule has 2 heterocycles. The molecule has 4 nitrogen and oxygen atoms in total. The lowest BCUT2D eigenvalue weighted by Gasteiger charge is -2.28. The van der Waals surface area contributed by atoms with Crippen LogP contribution in [0.1, 0.15) is 62.4 Å². The standard InChI is InChI=1S/C63H55N3O/c1-41-34-42(2)36-49(35-41)63(6,7)50-38-47(37-48(39-50)56-40-46(32-33-64-56)43-20-11-8-12-21-43)51-26-19-31-57-58(51)65-61(54-29-18-30-55(60(54)67)62(3,4)5)66(57)59-52(44-22-13-9-14-23-44)27-17-28-53(59)45-24-15-10-16-25-45/h8-40,67H,1-7H3. The molecule has 8 aromatic carbocycles. The lowest BCUT2D eigenvalue weighted by Crippen LogP contribution is -2.19. The third-order valence-electron chi connectivity index (χ3n) is 13.3. The molecule has 2 aromatic heterocycles. The quantitative estimate of drug-likeness (QED) is 0.157. The normalized spacial score (nSPS) is 11.9. The van der Waals surface area contributed by atoms with Crippen molar-refractivity contribution in [1.29, 1.82) is 0 Å². The molecule has 10 rings (SSSR count). The molecular formula is C63H55N3O. The van der Waals surface area contributed by atoms with Gasteiger partial charge in [0.1, 0.15) is 11.6 Å². The Balaban J connectivity index is 1.30. The van der Waals surface area contributed by atoms with Crippen molar-refractivity contribution in [1.82, 2.24) is 14.5 Å². The summed E-state index contributed by atoms with van der Waals surface area (Å²) in [6, 6.07) is 68.9. The fourth-order valence-electron chi connectivity index (χ4n) is 9.75. The Kier molecular flexibility index (Phi) is 11.1. The molecule has 0 radical (unpaired) electrons. The number of hydrogen-bond acceptors (Lipinski definition) is 3. The number of pyridine rings is 1. The first kappa shape index (κ1) is 43.1. The third kappa shape index (κ3) is 8.14. The summed E-state index contributed by atoms with van der Waals surface area (Å²) in [7, 11) is 0. The van der Waals surface area contributed by atoms with E-state index in [-0.39, 0.29) is 16.6 Å². The van der Waals surface area contributed by atoms with Gasteiger partial charge in [-0.1, -0.05) is 203 Å². The second-order valence-electron chi connectivity index (χ2n) is 19.4. The minimum atomic E-state index is -0.366. The largest absolute Gasteiger partial charge is 0.507 e. The van der Waals surface area contributed by atoms with Crippen LogP contribution in [0.5, 0.6) is 5.75 Å². The van der Waals surface area contributed by atoms with Crippen molar-refractivity contribution in [3.05, 3.63) is 228 Å². The molecule has 1 N–H and O–H groups in total. The molecule has 4 heteroatoms. The van der Waals surface area contributed by atoms with Gasteiger partial charge in [0.15, 0.2) is 0 Å². The molecule has 328 valence electrons. The van der Waals surface area contributed by atoms with E-state index in [1.807, 2.05) is 24.4 Å². The maximum atomic E-state index is 12.4. The molecule has 0 amide bonds. The molecule has 0 fully saturated rings. The van der Waals surface area contributed by atoms with Crippen molar-refractivity contribution in [3.63, 3.8) is 0 Å². The summed E-state index contributed by atoms with van der Waals surface area (Å²) in [5.74, 6) is 0.895. The first-order valence-corrected chi connectivity index (χ1v) is 23.2. The van der Waals surface area contributed by atoms with Crippen molar-refractivity contribution in [2.75, 3.05) is 0 Å². The molecule has 0 atom stereocenters. The van der Waals surface area contributed by atoms with E-state index in [0.717, 1.165) is 78.0 Å². The average Bonchev–Trinajstić information content (AvgIpc) is 3.73. The molecular weight excluding hydrogens is 815 g/mol. The van der Waals surface area contributed by atoms with Crippen molar-refractivity contribution in [2.24, 2.45) is 0 Å². The summed E-state index contributed by atoms with van der Waals surface area (Å²) in [4.78, 5) is 10.7. The first-order chi connectivity index (χ1) is 32.3. The molecule has 0 saturated heterocycles. The minimum absolute atomic E-state index is 0.232. The number of benzene rings is 8. The van der Waals surface area contributed by atoms with Gasteiger partial charge in [-0.05, 0) is 100 Å². The number of aromatic nitrogens is 3. The topological polar surface area (TPSA) is 50.9 Å². The molecule has 0 spiro atoms. The van der Waals surface area contributed by atoms with Crippen LogP contribution < -0.4 is 0 Å². The van der Waals surface area contributed by atoms with E-state index in [2.05, 4.69) is 229 Å². The summed E-state index contributed by atoms with van der Waals surface area (Å²) in [6.45, 7) is 15.4. The van der Waals surface area contributed by atoms with Crippen LogP contribution in [0.25, 0.3) is 83.9 Å². The van der Waals surface area contributed by atoms with E-state index in [9.17, 15) is 5.11 Å². The van der Waals surface area contributed by atoms with Crippen LogP contribution in [0, 0.1) is 13.8 Å². The van der Waals surface area contributed by atoms with Crippen LogP contribution in [0.15, 0.2) is 200 Å². The Morgan fingerprint density at radius 2 is 0.985 bits per heavy atom. The Hall–Kier alpha value is -7.82. The van der Waals surface area contributed by atoms with Crippen molar-refractivity contribution < 1.29 is 5.11 Å². The van der Waals surface area contributed by atoms with Gasteiger partial charge in [-0.25, -0.2) is 4.98 Å². The average molecular weight is 870 g/mol. The van der Waals surface area contributed by atoms with E-state index in [0.29, 0.717) is 11.4 Å². The smallest absolute Gasteiger partial charge is 0.149 e. The predicted octanol–water partition coefficient (Wildman–Crippen LogP) is 16.4. The number of nitrogens with zero attached hydrogens (tertiary/aromatic N) is 3. The number of phenols is 1. The summed E-state index contributed by atoms with van der Waals surface area (Å²) in [5, 5.41) is 12.4. The summed E-state index contributed by atoms with van der Waals surface area (Å²) in [6.07, 6.45) is 1.92. The van der Waals surface area contributed by atoms with Gasteiger partial charge in [0.25, 0.3) is 0 Å². The number of aromatic hydroxyl groups is 1. The van der Waals surface area contributed by atoms with E-state index in [1.54, 1.807) is 0 Å². The Morgan fingerprint density at radius 3 is 1.61 bits per heavy atom. The van der Waals surface area contributed by atoms with Crippen molar-refractivity contribution in [2.45, 2.75) is 59.3 Å². The zero-order chi connectivity index (χ0) is 46.5. The molecule has 67 heavy (non-hydrogen) atoms. The van der Waals surface area contributed by atoms with E-state index in [4.69, 9.17) is 9.97 Å². The first-order valence-electron chi connectivity index (χ1n) is 23.2. The molecule has 0 aliphatic heterocycles. The van der Waals surface area contributed by atoms with Gasteiger partial charge in [-0.3, -0.25) is 9.55 Å². The van der Waals surface area contributed by atoms with E-state index >= 15 is 0 Å².